The number of carbonyl (C=O) groups excluding carboxylic acids is 1. The van der Waals surface area contributed by atoms with Crippen molar-refractivity contribution in [1.82, 2.24) is 9.97 Å². The predicted octanol–water partition coefficient (Wildman–Crippen LogP) is 3.43. The fourth-order valence-electron chi connectivity index (χ4n) is 1.98. The SMILES string of the molecule is CC(=O)c1cccc(-c2nc3ccccc3[nH]2)c1. The average molecular weight is 236 g/mol. The van der Waals surface area contributed by atoms with Gasteiger partial charge in [0.05, 0.1) is 11.0 Å². The molecule has 0 saturated carbocycles. The van der Waals surface area contributed by atoms with E-state index in [9.17, 15) is 4.79 Å². The molecule has 1 N–H and O–H groups in total. The van der Waals surface area contributed by atoms with E-state index in [0.717, 1.165) is 22.4 Å². The van der Waals surface area contributed by atoms with Crippen molar-refractivity contribution in [2.45, 2.75) is 6.92 Å². The van der Waals surface area contributed by atoms with E-state index in [-0.39, 0.29) is 5.78 Å². The third kappa shape index (κ3) is 1.80. The summed E-state index contributed by atoms with van der Waals surface area (Å²) in [5.41, 5.74) is 3.56. The molecule has 0 bridgehead atoms. The van der Waals surface area contributed by atoms with E-state index in [2.05, 4.69) is 9.97 Å². The van der Waals surface area contributed by atoms with Crippen LogP contribution in [-0.2, 0) is 0 Å². The van der Waals surface area contributed by atoms with E-state index in [1.807, 2.05) is 48.5 Å². The van der Waals surface area contributed by atoms with E-state index in [1.165, 1.54) is 0 Å². The number of nitrogens with zero attached hydrogens (tertiary/aromatic N) is 1. The first-order valence-electron chi connectivity index (χ1n) is 5.80. The largest absolute Gasteiger partial charge is 0.338 e. The molecule has 0 unspecified atom stereocenters. The molecule has 0 amide bonds. The first kappa shape index (κ1) is 10.7. The fourth-order valence-corrected chi connectivity index (χ4v) is 1.98. The number of benzene rings is 2. The second-order valence-corrected chi connectivity index (χ2v) is 4.24. The molecule has 2 aromatic carbocycles. The average Bonchev–Trinajstić information content (AvgIpc) is 2.82. The predicted molar refractivity (Wildman–Crippen MR) is 71.5 cm³/mol. The van der Waals surface area contributed by atoms with Gasteiger partial charge in [-0.2, -0.15) is 0 Å². The van der Waals surface area contributed by atoms with Crippen molar-refractivity contribution in [3.63, 3.8) is 0 Å². The highest BCUT2D eigenvalue weighted by Crippen LogP contribution is 2.21. The Kier molecular flexibility index (Phi) is 2.45. The van der Waals surface area contributed by atoms with Gasteiger partial charge in [-0.3, -0.25) is 4.79 Å². The van der Waals surface area contributed by atoms with Crippen LogP contribution in [-0.4, -0.2) is 15.8 Å². The Labute approximate surface area is 104 Å². The molecule has 0 fully saturated rings. The number of aromatic nitrogens is 2. The highest BCUT2D eigenvalue weighted by Gasteiger charge is 2.06. The molecule has 3 heteroatoms. The molecule has 88 valence electrons. The smallest absolute Gasteiger partial charge is 0.159 e. The molecular formula is C15H12N2O. The van der Waals surface area contributed by atoms with Gasteiger partial charge in [-0.05, 0) is 25.1 Å². The number of imidazole rings is 1. The van der Waals surface area contributed by atoms with Gasteiger partial charge >= 0.3 is 0 Å². The molecular weight excluding hydrogens is 224 g/mol. The van der Waals surface area contributed by atoms with E-state index in [4.69, 9.17) is 0 Å². The van der Waals surface area contributed by atoms with Gasteiger partial charge in [-0.1, -0.05) is 30.3 Å². The van der Waals surface area contributed by atoms with Crippen molar-refractivity contribution in [2.24, 2.45) is 0 Å². The topological polar surface area (TPSA) is 45.8 Å². The van der Waals surface area contributed by atoms with Gasteiger partial charge in [0.2, 0.25) is 0 Å². The molecule has 0 aliphatic rings. The summed E-state index contributed by atoms with van der Waals surface area (Å²) >= 11 is 0. The van der Waals surface area contributed by atoms with Gasteiger partial charge in [0.25, 0.3) is 0 Å². The Morgan fingerprint density at radius 1 is 1.11 bits per heavy atom. The molecule has 0 aliphatic heterocycles. The maximum absolute atomic E-state index is 11.4. The van der Waals surface area contributed by atoms with Crippen molar-refractivity contribution in [2.75, 3.05) is 0 Å². The summed E-state index contributed by atoms with van der Waals surface area (Å²) in [6.07, 6.45) is 0. The number of H-pyrrole nitrogens is 1. The van der Waals surface area contributed by atoms with Crippen molar-refractivity contribution in [3.8, 4) is 11.4 Å². The lowest BCUT2D eigenvalue weighted by Gasteiger charge is -1.99. The van der Waals surface area contributed by atoms with Crippen LogP contribution in [0.5, 0.6) is 0 Å². The second-order valence-electron chi connectivity index (χ2n) is 4.24. The van der Waals surface area contributed by atoms with E-state index in [1.54, 1.807) is 6.92 Å². The number of para-hydroxylation sites is 2. The third-order valence-electron chi connectivity index (χ3n) is 2.93. The standard InChI is InChI=1S/C15H12N2O/c1-10(18)11-5-4-6-12(9-11)15-16-13-7-2-3-8-14(13)17-15/h2-9H,1H3,(H,16,17). The Morgan fingerprint density at radius 2 is 1.94 bits per heavy atom. The summed E-state index contributed by atoms with van der Waals surface area (Å²) in [7, 11) is 0. The van der Waals surface area contributed by atoms with Crippen molar-refractivity contribution < 1.29 is 4.79 Å². The van der Waals surface area contributed by atoms with Crippen LogP contribution >= 0.6 is 0 Å². The minimum absolute atomic E-state index is 0.0629. The van der Waals surface area contributed by atoms with E-state index >= 15 is 0 Å². The summed E-state index contributed by atoms with van der Waals surface area (Å²) in [6, 6.07) is 15.4. The first-order chi connectivity index (χ1) is 8.74. The fraction of sp³-hybridized carbons (Fsp3) is 0.0667. The molecule has 18 heavy (non-hydrogen) atoms. The number of rotatable bonds is 2. The number of hydrogen-bond donors (Lipinski definition) is 1. The zero-order chi connectivity index (χ0) is 12.5. The van der Waals surface area contributed by atoms with Crippen LogP contribution in [0, 0.1) is 0 Å². The van der Waals surface area contributed by atoms with Gasteiger partial charge in [0, 0.05) is 11.1 Å². The Balaban J connectivity index is 2.13. The molecule has 0 aliphatic carbocycles. The monoisotopic (exact) mass is 236 g/mol. The molecule has 0 saturated heterocycles. The minimum Gasteiger partial charge on any atom is -0.338 e. The highest BCUT2D eigenvalue weighted by atomic mass is 16.1. The first-order valence-corrected chi connectivity index (χ1v) is 5.80. The summed E-state index contributed by atoms with van der Waals surface area (Å²) in [5, 5.41) is 0. The summed E-state index contributed by atoms with van der Waals surface area (Å²) in [4.78, 5) is 19.1. The maximum atomic E-state index is 11.4. The summed E-state index contributed by atoms with van der Waals surface area (Å²) < 4.78 is 0. The number of carbonyl (C=O) groups is 1. The van der Waals surface area contributed by atoms with Gasteiger partial charge in [-0.25, -0.2) is 4.98 Å². The van der Waals surface area contributed by atoms with Crippen LogP contribution in [0.4, 0.5) is 0 Å². The lowest BCUT2D eigenvalue weighted by Crippen LogP contribution is -1.92. The normalized spacial score (nSPS) is 10.7. The van der Waals surface area contributed by atoms with Gasteiger partial charge in [0.15, 0.2) is 5.78 Å². The Morgan fingerprint density at radius 3 is 2.72 bits per heavy atom. The lowest BCUT2D eigenvalue weighted by atomic mass is 10.1. The van der Waals surface area contributed by atoms with Crippen LogP contribution in [0.15, 0.2) is 48.5 Å². The van der Waals surface area contributed by atoms with Gasteiger partial charge in [0.1, 0.15) is 5.82 Å². The molecule has 1 aromatic heterocycles. The zero-order valence-corrected chi connectivity index (χ0v) is 9.97. The number of Topliss-reactive ketones (excluding diaryl/α,β-unsaturated/α-hetero) is 1. The maximum Gasteiger partial charge on any atom is 0.159 e. The third-order valence-corrected chi connectivity index (χ3v) is 2.93. The van der Waals surface area contributed by atoms with Crippen molar-refractivity contribution in [1.29, 1.82) is 0 Å². The number of ketones is 1. The molecule has 3 aromatic rings. The van der Waals surface area contributed by atoms with E-state index < -0.39 is 0 Å². The quantitative estimate of drug-likeness (QED) is 0.693. The molecule has 0 radical (unpaired) electrons. The molecule has 0 spiro atoms. The summed E-state index contributed by atoms with van der Waals surface area (Å²) in [6.45, 7) is 1.57. The number of fused-ring (bicyclic) bond motifs is 1. The molecule has 0 atom stereocenters. The van der Waals surface area contributed by atoms with Gasteiger partial charge < -0.3 is 4.98 Å². The van der Waals surface area contributed by atoms with Crippen LogP contribution in [0.25, 0.3) is 22.4 Å². The van der Waals surface area contributed by atoms with Crippen LogP contribution in [0.3, 0.4) is 0 Å². The summed E-state index contributed by atoms with van der Waals surface area (Å²) in [5.74, 6) is 0.854. The van der Waals surface area contributed by atoms with Crippen LogP contribution < -0.4 is 0 Å². The van der Waals surface area contributed by atoms with E-state index in [0.29, 0.717) is 5.56 Å². The lowest BCUT2D eigenvalue weighted by molar-refractivity contribution is 0.101. The van der Waals surface area contributed by atoms with Crippen LogP contribution in [0.1, 0.15) is 17.3 Å². The highest BCUT2D eigenvalue weighted by molar-refractivity contribution is 5.95. The zero-order valence-electron chi connectivity index (χ0n) is 9.97. The molecule has 3 rings (SSSR count). The Hall–Kier alpha value is -2.42. The van der Waals surface area contributed by atoms with Gasteiger partial charge in [-0.15, -0.1) is 0 Å². The van der Waals surface area contributed by atoms with Crippen LogP contribution in [0.2, 0.25) is 0 Å². The van der Waals surface area contributed by atoms with Crippen molar-refractivity contribution >= 4 is 16.8 Å². The second kappa shape index (κ2) is 4.11. The van der Waals surface area contributed by atoms with Crippen molar-refractivity contribution in [3.05, 3.63) is 54.1 Å². The Bertz CT molecular complexity index is 695. The molecule has 3 nitrogen and oxygen atoms in total. The number of aromatic amines is 1. The molecule has 1 heterocycles. The number of hydrogen-bond acceptors (Lipinski definition) is 2. The minimum atomic E-state index is 0.0629. The number of nitrogens with one attached hydrogen (secondary N) is 1.